The van der Waals surface area contributed by atoms with Crippen molar-refractivity contribution in [2.75, 3.05) is 18.7 Å². The van der Waals surface area contributed by atoms with E-state index in [1.165, 1.54) is 16.1 Å². The van der Waals surface area contributed by atoms with E-state index in [2.05, 4.69) is 0 Å². The maximum atomic E-state index is 13.7. The topological polar surface area (TPSA) is 108 Å². The average Bonchev–Trinajstić information content (AvgIpc) is 3.35. The van der Waals surface area contributed by atoms with E-state index in [0.717, 1.165) is 22.0 Å². The van der Waals surface area contributed by atoms with E-state index >= 15 is 0 Å². The molecular weight excluding hydrogens is 574 g/mol. The molecule has 6 rings (SSSR count). The van der Waals surface area contributed by atoms with Crippen molar-refractivity contribution in [2.45, 2.75) is 50.5 Å². The number of carbonyl (C=O) groups excluding carboxylic acids is 1. The van der Waals surface area contributed by atoms with E-state index in [1.54, 1.807) is 34.9 Å². The van der Waals surface area contributed by atoms with Crippen LogP contribution in [0.1, 0.15) is 42.2 Å². The van der Waals surface area contributed by atoms with Crippen LogP contribution in [0.3, 0.4) is 0 Å². The van der Waals surface area contributed by atoms with E-state index in [1.807, 2.05) is 50.4 Å². The maximum absolute atomic E-state index is 13.7. The molecule has 2 aromatic carbocycles. The Morgan fingerprint density at radius 3 is 2.57 bits per heavy atom. The number of rotatable bonds is 9. The number of fused-ring (bicyclic) bond motifs is 5. The fourth-order valence-electron chi connectivity index (χ4n) is 5.83. The number of esters is 1. The first-order chi connectivity index (χ1) is 20.2. The molecule has 218 valence electrons. The van der Waals surface area contributed by atoms with Gasteiger partial charge in [0.05, 0.1) is 39.8 Å². The molecule has 0 spiro atoms. The second-order valence-electron chi connectivity index (χ2n) is 10.6. The third-order valence-electron chi connectivity index (χ3n) is 7.82. The van der Waals surface area contributed by atoms with Gasteiger partial charge in [-0.25, -0.2) is 18.2 Å². The number of ether oxygens (including phenoxy) is 2. The summed E-state index contributed by atoms with van der Waals surface area (Å²) in [6.45, 7) is 4.18. The fraction of sp³-hybridized carbons (Fsp3) is 0.323. The Morgan fingerprint density at radius 2 is 1.83 bits per heavy atom. The largest absolute Gasteiger partial charge is 0.458 e. The molecule has 42 heavy (non-hydrogen) atoms. The zero-order chi connectivity index (χ0) is 29.6. The minimum atomic E-state index is -3.73. The average molecular weight is 606 g/mol. The molecule has 9 nitrogen and oxygen atoms in total. The summed E-state index contributed by atoms with van der Waals surface area (Å²) in [5.74, 6) is -0.237. The molecule has 4 aromatic rings. The number of hydrogen-bond donors (Lipinski definition) is 0. The van der Waals surface area contributed by atoms with Crippen LogP contribution in [0.5, 0.6) is 0 Å². The van der Waals surface area contributed by atoms with Crippen LogP contribution < -0.4 is 5.56 Å². The Hall–Kier alpha value is -3.51. The van der Waals surface area contributed by atoms with E-state index in [4.69, 9.17) is 14.5 Å². The smallest absolute Gasteiger partial charge is 0.340 e. The van der Waals surface area contributed by atoms with Gasteiger partial charge in [0, 0.05) is 29.1 Å². The lowest BCUT2D eigenvalue weighted by molar-refractivity contribution is -0.160. The van der Waals surface area contributed by atoms with Crippen LogP contribution in [-0.2, 0) is 43.9 Å². The van der Waals surface area contributed by atoms with Crippen molar-refractivity contribution in [1.29, 1.82) is 0 Å². The molecule has 0 fully saturated rings. The standard InChI is InChI=1S/C31H31N3O6S2/c1-19(2)34(42(37,38)20-9-5-4-6-10-20)14-13-21-22-11-7-8-12-26(22)32-28-24(21)16-33-27(28)15-23-25(30(33)35)17-39-31(36)29(23)40-18-41-3/h4-12,15,19,29H,13-14,16-18H2,1-3H3/t29-/m0/s1. The minimum absolute atomic E-state index is 0.105. The molecular formula is C31H31N3O6S2. The second kappa shape index (κ2) is 11.3. The monoisotopic (exact) mass is 605 g/mol. The summed E-state index contributed by atoms with van der Waals surface area (Å²) in [5.41, 5.74) is 4.54. The van der Waals surface area contributed by atoms with Gasteiger partial charge in [-0.1, -0.05) is 36.4 Å². The third kappa shape index (κ3) is 4.84. The van der Waals surface area contributed by atoms with Crippen molar-refractivity contribution in [1.82, 2.24) is 13.9 Å². The lowest BCUT2D eigenvalue weighted by atomic mass is 9.97. The Balaban J connectivity index is 1.45. The Kier molecular flexibility index (Phi) is 7.69. The van der Waals surface area contributed by atoms with Crippen molar-refractivity contribution in [3.8, 4) is 11.4 Å². The lowest BCUT2D eigenvalue weighted by Gasteiger charge is -2.26. The normalized spacial score (nSPS) is 16.0. The van der Waals surface area contributed by atoms with Crippen LogP contribution in [0.25, 0.3) is 22.3 Å². The van der Waals surface area contributed by atoms with Crippen molar-refractivity contribution >= 4 is 38.7 Å². The highest BCUT2D eigenvalue weighted by molar-refractivity contribution is 7.98. The number of thioether (sulfide) groups is 1. The SMILES string of the molecule is CSCO[C@@H]1C(=O)OCc2c1cc1n(c2=O)Cc2c-1nc1ccccc1c2CCN(C(C)C)S(=O)(=O)c1ccccc1. The molecule has 0 bridgehead atoms. The van der Waals surface area contributed by atoms with E-state index < -0.39 is 22.1 Å². The molecule has 2 aromatic heterocycles. The van der Waals surface area contributed by atoms with Crippen molar-refractivity contribution in [3.05, 3.63) is 93.3 Å². The van der Waals surface area contributed by atoms with Crippen molar-refractivity contribution < 1.29 is 22.7 Å². The number of para-hydroxylation sites is 1. The molecule has 0 N–H and O–H groups in total. The first kappa shape index (κ1) is 28.6. The number of benzene rings is 2. The van der Waals surface area contributed by atoms with Crippen LogP contribution in [0.15, 0.2) is 70.4 Å². The van der Waals surface area contributed by atoms with Gasteiger partial charge in [-0.3, -0.25) is 4.79 Å². The number of sulfonamides is 1. The third-order valence-corrected chi connectivity index (χ3v) is 10.3. The number of hydrogen-bond acceptors (Lipinski definition) is 8. The zero-order valence-electron chi connectivity index (χ0n) is 23.6. The lowest BCUT2D eigenvalue weighted by Crippen LogP contribution is -2.38. The molecule has 11 heteroatoms. The molecule has 0 radical (unpaired) electrons. The molecule has 2 aliphatic heterocycles. The van der Waals surface area contributed by atoms with Gasteiger partial charge in [0.25, 0.3) is 5.56 Å². The van der Waals surface area contributed by atoms with Crippen LogP contribution in [0.4, 0.5) is 0 Å². The van der Waals surface area contributed by atoms with Crippen molar-refractivity contribution in [3.63, 3.8) is 0 Å². The van der Waals surface area contributed by atoms with Crippen molar-refractivity contribution in [2.24, 2.45) is 0 Å². The fourth-order valence-corrected chi connectivity index (χ4v) is 7.76. The maximum Gasteiger partial charge on any atom is 0.340 e. The summed E-state index contributed by atoms with van der Waals surface area (Å²) in [4.78, 5) is 31.6. The molecule has 0 aliphatic carbocycles. The summed E-state index contributed by atoms with van der Waals surface area (Å²) in [5, 5.41) is 0.919. The predicted octanol–water partition coefficient (Wildman–Crippen LogP) is 4.50. The molecule has 0 unspecified atom stereocenters. The molecule has 0 saturated carbocycles. The van der Waals surface area contributed by atoms with Gasteiger partial charge in [-0.2, -0.15) is 4.31 Å². The van der Waals surface area contributed by atoms with Gasteiger partial charge in [0.15, 0.2) is 6.10 Å². The molecule has 0 saturated heterocycles. The van der Waals surface area contributed by atoms with Crippen LogP contribution in [0, 0.1) is 0 Å². The first-order valence-electron chi connectivity index (χ1n) is 13.7. The summed E-state index contributed by atoms with van der Waals surface area (Å²) in [6.07, 6.45) is 1.32. The van der Waals surface area contributed by atoms with Gasteiger partial charge in [0.2, 0.25) is 10.0 Å². The van der Waals surface area contributed by atoms with Gasteiger partial charge in [0.1, 0.15) is 6.61 Å². The highest BCUT2D eigenvalue weighted by Gasteiger charge is 2.36. The highest BCUT2D eigenvalue weighted by atomic mass is 32.2. The Labute approximate surface area is 248 Å². The number of aromatic nitrogens is 2. The zero-order valence-corrected chi connectivity index (χ0v) is 25.2. The molecule has 1 atom stereocenters. The number of cyclic esters (lactones) is 1. The number of pyridine rings is 2. The first-order valence-corrected chi connectivity index (χ1v) is 16.6. The molecule has 0 amide bonds. The van der Waals surface area contributed by atoms with Gasteiger partial charge in [-0.05, 0) is 56.4 Å². The summed E-state index contributed by atoms with van der Waals surface area (Å²) in [7, 11) is -3.73. The van der Waals surface area contributed by atoms with Crippen LogP contribution in [0.2, 0.25) is 0 Å². The van der Waals surface area contributed by atoms with Gasteiger partial charge in [-0.15, -0.1) is 11.8 Å². The van der Waals surface area contributed by atoms with E-state index in [9.17, 15) is 18.0 Å². The van der Waals surface area contributed by atoms with E-state index in [-0.39, 0.29) is 35.6 Å². The Morgan fingerprint density at radius 1 is 1.10 bits per heavy atom. The quantitative estimate of drug-likeness (QED) is 0.179. The predicted molar refractivity (Wildman–Crippen MR) is 162 cm³/mol. The van der Waals surface area contributed by atoms with Gasteiger partial charge < -0.3 is 14.0 Å². The Bertz CT molecular complexity index is 1850. The summed E-state index contributed by atoms with van der Waals surface area (Å²) in [6, 6.07) is 17.8. The van der Waals surface area contributed by atoms with Gasteiger partial charge >= 0.3 is 5.97 Å². The number of nitrogens with zero attached hydrogens (tertiary/aromatic N) is 3. The summed E-state index contributed by atoms with van der Waals surface area (Å²) < 4.78 is 41.5. The highest BCUT2D eigenvalue weighted by Crippen LogP contribution is 2.39. The summed E-state index contributed by atoms with van der Waals surface area (Å²) >= 11 is 1.43. The molecule has 2 aliphatic rings. The minimum Gasteiger partial charge on any atom is -0.458 e. The number of carbonyl (C=O) groups is 1. The van der Waals surface area contributed by atoms with Crippen LogP contribution in [-0.4, -0.2) is 53.0 Å². The van der Waals surface area contributed by atoms with E-state index in [0.29, 0.717) is 35.5 Å². The second-order valence-corrected chi connectivity index (χ2v) is 13.3. The van der Waals surface area contributed by atoms with Crippen LogP contribution >= 0.6 is 11.8 Å². The molecule has 4 heterocycles.